The van der Waals surface area contributed by atoms with E-state index in [0.29, 0.717) is 22.7 Å². The molecule has 1 aromatic carbocycles. The van der Waals surface area contributed by atoms with Gasteiger partial charge in [-0.05, 0) is 56.0 Å². The van der Waals surface area contributed by atoms with Crippen molar-refractivity contribution in [2.75, 3.05) is 0 Å². The van der Waals surface area contributed by atoms with Gasteiger partial charge in [-0.25, -0.2) is 0 Å². The van der Waals surface area contributed by atoms with Crippen molar-refractivity contribution in [3.63, 3.8) is 0 Å². The third-order valence-corrected chi connectivity index (χ3v) is 4.30. The van der Waals surface area contributed by atoms with Gasteiger partial charge in [-0.2, -0.15) is 0 Å². The van der Waals surface area contributed by atoms with Crippen LogP contribution in [-0.4, -0.2) is 10.4 Å². The fraction of sp³-hybridized carbons (Fsp3) is 0.294. The van der Waals surface area contributed by atoms with Crippen molar-refractivity contribution < 1.29 is 4.79 Å². The number of carbonyl (C=O) groups excluding carboxylic acids is 1. The lowest BCUT2D eigenvalue weighted by Crippen LogP contribution is -2.23. The quantitative estimate of drug-likeness (QED) is 0.795. The third-order valence-electron chi connectivity index (χ3n) is 4.07. The number of hydrogen-bond acceptors (Lipinski definition) is 2. The summed E-state index contributed by atoms with van der Waals surface area (Å²) >= 11 is 6.06. The third kappa shape index (κ3) is 2.32. The van der Waals surface area contributed by atoms with E-state index in [9.17, 15) is 9.59 Å². The molecule has 0 spiro atoms. The van der Waals surface area contributed by atoms with Gasteiger partial charge in [0.2, 0.25) is 0 Å². The molecule has 2 aromatic rings. The molecule has 4 heteroatoms. The predicted molar refractivity (Wildman–Crippen MR) is 84.2 cm³/mol. The Hall–Kier alpha value is -1.87. The monoisotopic (exact) mass is 301 g/mol. The summed E-state index contributed by atoms with van der Waals surface area (Å²) in [7, 11) is 0. The van der Waals surface area contributed by atoms with Crippen LogP contribution in [0.25, 0.3) is 11.1 Å². The largest absolute Gasteiger partial charge is 0.311 e. The number of benzene rings is 1. The fourth-order valence-corrected chi connectivity index (χ4v) is 3.17. The molecule has 0 saturated carbocycles. The minimum Gasteiger partial charge on any atom is -0.311 e. The van der Waals surface area contributed by atoms with Crippen LogP contribution >= 0.6 is 11.6 Å². The molecule has 3 rings (SSSR count). The summed E-state index contributed by atoms with van der Waals surface area (Å²) in [6.07, 6.45) is 1.70. The molecule has 0 fully saturated rings. The zero-order chi connectivity index (χ0) is 15.1. The zero-order valence-corrected chi connectivity index (χ0v) is 12.8. The molecule has 0 aliphatic carbocycles. The second-order valence-corrected chi connectivity index (χ2v) is 5.93. The van der Waals surface area contributed by atoms with E-state index >= 15 is 0 Å². The minimum absolute atomic E-state index is 0.00146. The predicted octanol–water partition coefficient (Wildman–Crippen LogP) is 3.63. The van der Waals surface area contributed by atoms with Gasteiger partial charge >= 0.3 is 0 Å². The van der Waals surface area contributed by atoms with Crippen LogP contribution < -0.4 is 5.56 Å². The van der Waals surface area contributed by atoms with Gasteiger partial charge in [0.25, 0.3) is 5.56 Å². The van der Waals surface area contributed by atoms with Gasteiger partial charge in [0.15, 0.2) is 5.78 Å². The van der Waals surface area contributed by atoms with Crippen molar-refractivity contribution in [1.29, 1.82) is 0 Å². The van der Waals surface area contributed by atoms with Crippen molar-refractivity contribution in [3.05, 3.63) is 56.5 Å². The van der Waals surface area contributed by atoms with Crippen LogP contribution in [-0.2, 0) is 13.0 Å². The first-order valence-electron chi connectivity index (χ1n) is 7.03. The Balaban J connectivity index is 2.34. The van der Waals surface area contributed by atoms with Gasteiger partial charge < -0.3 is 4.57 Å². The summed E-state index contributed by atoms with van der Waals surface area (Å²) < 4.78 is 1.74. The van der Waals surface area contributed by atoms with Crippen molar-refractivity contribution in [3.8, 4) is 11.1 Å². The lowest BCUT2D eigenvalue weighted by Gasteiger charge is -2.13. The van der Waals surface area contributed by atoms with E-state index < -0.39 is 0 Å². The Bertz CT molecular complexity index is 805. The van der Waals surface area contributed by atoms with Gasteiger partial charge in [0, 0.05) is 28.4 Å². The second kappa shape index (κ2) is 5.15. The van der Waals surface area contributed by atoms with E-state index in [0.717, 1.165) is 29.7 Å². The number of hydrogen-bond donors (Lipinski definition) is 0. The van der Waals surface area contributed by atoms with E-state index in [2.05, 4.69) is 0 Å². The van der Waals surface area contributed by atoms with E-state index in [1.54, 1.807) is 29.7 Å². The standard InChI is InChI=1S/C17H16ClNO2/c1-10-5-6-12(18)8-13(10)15-9-14(11(2)20)16-4-3-7-19(16)17(15)21/h5-6,8-9H,3-4,7H2,1-2H3. The SMILES string of the molecule is CC(=O)c1cc(-c2cc(Cl)ccc2C)c(=O)n2c1CCC2. The van der Waals surface area contributed by atoms with Gasteiger partial charge in [0.05, 0.1) is 0 Å². The van der Waals surface area contributed by atoms with Crippen molar-refractivity contribution >= 4 is 17.4 Å². The molecule has 1 aliphatic rings. The molecule has 0 amide bonds. The molecule has 0 N–H and O–H groups in total. The number of ketones is 1. The summed E-state index contributed by atoms with van der Waals surface area (Å²) in [5, 5.41) is 0.588. The Labute approximate surface area is 128 Å². The first kappa shape index (κ1) is 14.1. The van der Waals surface area contributed by atoms with Crippen molar-refractivity contribution in [2.45, 2.75) is 33.2 Å². The van der Waals surface area contributed by atoms with Crippen molar-refractivity contribution in [2.24, 2.45) is 0 Å². The number of carbonyl (C=O) groups is 1. The number of fused-ring (bicyclic) bond motifs is 1. The molecule has 0 radical (unpaired) electrons. The topological polar surface area (TPSA) is 39.1 Å². The number of rotatable bonds is 2. The van der Waals surface area contributed by atoms with E-state index in [4.69, 9.17) is 11.6 Å². The smallest absolute Gasteiger partial charge is 0.258 e. The van der Waals surface area contributed by atoms with Crippen LogP contribution in [0.15, 0.2) is 29.1 Å². The molecule has 0 saturated heterocycles. The zero-order valence-electron chi connectivity index (χ0n) is 12.1. The Morgan fingerprint density at radius 2 is 2.00 bits per heavy atom. The number of halogens is 1. The summed E-state index contributed by atoms with van der Waals surface area (Å²) in [5.41, 5.74) is 3.84. The summed E-state index contributed by atoms with van der Waals surface area (Å²) in [5.74, 6) is 0.00146. The highest BCUT2D eigenvalue weighted by Crippen LogP contribution is 2.28. The van der Waals surface area contributed by atoms with E-state index in [1.165, 1.54) is 0 Å². The van der Waals surface area contributed by atoms with Gasteiger partial charge in [-0.3, -0.25) is 9.59 Å². The molecule has 108 valence electrons. The van der Waals surface area contributed by atoms with Crippen LogP contribution in [0.3, 0.4) is 0 Å². The molecule has 0 bridgehead atoms. The Morgan fingerprint density at radius 3 is 2.71 bits per heavy atom. The number of pyridine rings is 1. The maximum absolute atomic E-state index is 12.7. The second-order valence-electron chi connectivity index (χ2n) is 5.49. The molecule has 3 nitrogen and oxygen atoms in total. The summed E-state index contributed by atoms with van der Waals surface area (Å²) in [6.45, 7) is 4.17. The molecular formula is C17H16ClNO2. The molecular weight excluding hydrogens is 286 g/mol. The van der Waals surface area contributed by atoms with Crippen LogP contribution in [0, 0.1) is 6.92 Å². The number of aryl methyl sites for hydroxylation is 1. The Kier molecular flexibility index (Phi) is 3.46. The maximum Gasteiger partial charge on any atom is 0.258 e. The number of Topliss-reactive ketones (excluding diaryl/α,β-unsaturated/α-hetero) is 1. The normalized spacial score (nSPS) is 13.3. The highest BCUT2D eigenvalue weighted by Gasteiger charge is 2.22. The number of aromatic nitrogens is 1. The van der Waals surface area contributed by atoms with Crippen LogP contribution in [0.1, 0.15) is 35.0 Å². The van der Waals surface area contributed by atoms with Crippen LogP contribution in [0.5, 0.6) is 0 Å². The molecule has 21 heavy (non-hydrogen) atoms. The van der Waals surface area contributed by atoms with E-state index in [1.807, 2.05) is 13.0 Å². The van der Waals surface area contributed by atoms with E-state index in [-0.39, 0.29) is 11.3 Å². The first-order chi connectivity index (χ1) is 9.99. The maximum atomic E-state index is 12.7. The van der Waals surface area contributed by atoms with Crippen LogP contribution in [0.4, 0.5) is 0 Å². The molecule has 2 heterocycles. The minimum atomic E-state index is -0.0298. The first-order valence-corrected chi connectivity index (χ1v) is 7.41. The summed E-state index contributed by atoms with van der Waals surface area (Å²) in [4.78, 5) is 24.6. The molecule has 0 atom stereocenters. The molecule has 1 aliphatic heterocycles. The van der Waals surface area contributed by atoms with Crippen molar-refractivity contribution in [1.82, 2.24) is 4.57 Å². The highest BCUT2D eigenvalue weighted by molar-refractivity contribution is 6.30. The lowest BCUT2D eigenvalue weighted by atomic mass is 9.98. The Morgan fingerprint density at radius 1 is 1.24 bits per heavy atom. The molecule has 0 unspecified atom stereocenters. The lowest BCUT2D eigenvalue weighted by molar-refractivity contribution is 0.101. The number of nitrogens with zero attached hydrogens (tertiary/aromatic N) is 1. The highest BCUT2D eigenvalue weighted by atomic mass is 35.5. The fourth-order valence-electron chi connectivity index (χ4n) is 3.00. The van der Waals surface area contributed by atoms with Crippen LogP contribution in [0.2, 0.25) is 5.02 Å². The van der Waals surface area contributed by atoms with Gasteiger partial charge in [-0.1, -0.05) is 17.7 Å². The van der Waals surface area contributed by atoms with Gasteiger partial charge in [-0.15, -0.1) is 0 Å². The molecule has 1 aromatic heterocycles. The average Bonchev–Trinajstić information content (AvgIpc) is 2.92. The average molecular weight is 302 g/mol. The summed E-state index contributed by atoms with van der Waals surface area (Å²) in [6, 6.07) is 7.22. The van der Waals surface area contributed by atoms with Gasteiger partial charge in [0.1, 0.15) is 0 Å².